The quantitative estimate of drug-likeness (QED) is 0.585. The fourth-order valence-corrected chi connectivity index (χ4v) is 0.914. The summed E-state index contributed by atoms with van der Waals surface area (Å²) in [6, 6.07) is 0. The van der Waals surface area contributed by atoms with E-state index in [1.54, 1.807) is 6.20 Å². The van der Waals surface area contributed by atoms with Crippen LogP contribution in [0.25, 0.3) is 0 Å². The van der Waals surface area contributed by atoms with Gasteiger partial charge in [-0.15, -0.1) is 0 Å². The van der Waals surface area contributed by atoms with E-state index in [2.05, 4.69) is 13.8 Å². The third kappa shape index (κ3) is 5.67. The van der Waals surface area contributed by atoms with E-state index in [0.29, 0.717) is 0 Å². The van der Waals surface area contributed by atoms with Gasteiger partial charge in [0.25, 0.3) is 0 Å². The topological polar surface area (TPSA) is 26.0 Å². The molecule has 1 heteroatoms. The van der Waals surface area contributed by atoms with Crippen molar-refractivity contribution in [1.29, 1.82) is 0 Å². The van der Waals surface area contributed by atoms with Crippen LogP contribution in [0.5, 0.6) is 0 Å². The second kappa shape index (κ2) is 6.66. The van der Waals surface area contributed by atoms with Gasteiger partial charge in [0.05, 0.1) is 0 Å². The van der Waals surface area contributed by atoms with Crippen LogP contribution in [-0.4, -0.2) is 0 Å². The Morgan fingerprint density at radius 2 is 2.00 bits per heavy atom. The normalized spacial score (nSPS) is 12.0. The Morgan fingerprint density at radius 3 is 2.50 bits per heavy atom. The van der Waals surface area contributed by atoms with Gasteiger partial charge in [-0.05, 0) is 26.0 Å². The Balaban J connectivity index is 3.04. The first-order valence-corrected chi connectivity index (χ1v) is 4.18. The summed E-state index contributed by atoms with van der Waals surface area (Å²) in [6.45, 7) is 4.32. The molecule has 0 aromatic carbocycles. The summed E-state index contributed by atoms with van der Waals surface area (Å²) < 4.78 is 0. The van der Waals surface area contributed by atoms with Crippen LogP contribution in [0.1, 0.15) is 46.0 Å². The van der Waals surface area contributed by atoms with Crippen molar-refractivity contribution in [2.24, 2.45) is 5.73 Å². The molecule has 0 fully saturated rings. The molecule has 0 amide bonds. The number of rotatable bonds is 5. The minimum Gasteiger partial charge on any atom is -0.405 e. The monoisotopic (exact) mass is 141 g/mol. The molecule has 1 nitrogen and oxygen atoms in total. The van der Waals surface area contributed by atoms with Gasteiger partial charge in [-0.1, -0.05) is 31.8 Å². The molecule has 60 valence electrons. The molecular formula is C9H19N. The molecule has 0 radical (unpaired) electrons. The summed E-state index contributed by atoms with van der Waals surface area (Å²) in [7, 11) is 0. The van der Waals surface area contributed by atoms with Crippen molar-refractivity contribution in [1.82, 2.24) is 0 Å². The molecule has 10 heavy (non-hydrogen) atoms. The van der Waals surface area contributed by atoms with Crippen LogP contribution >= 0.6 is 0 Å². The van der Waals surface area contributed by atoms with Gasteiger partial charge in [0.2, 0.25) is 0 Å². The lowest BCUT2D eigenvalue weighted by Crippen LogP contribution is -1.85. The SMILES string of the molecule is CCCCCC/C(C)=C/N. The highest BCUT2D eigenvalue weighted by Crippen LogP contribution is 2.07. The predicted molar refractivity (Wildman–Crippen MR) is 46.7 cm³/mol. The highest BCUT2D eigenvalue weighted by molar-refractivity contribution is 4.93. The van der Waals surface area contributed by atoms with Gasteiger partial charge in [0, 0.05) is 0 Å². The molecule has 0 aliphatic rings. The van der Waals surface area contributed by atoms with Crippen molar-refractivity contribution in [3.05, 3.63) is 11.8 Å². The molecule has 0 spiro atoms. The Labute approximate surface area is 64.3 Å². The van der Waals surface area contributed by atoms with Crippen LogP contribution in [0, 0.1) is 0 Å². The highest BCUT2D eigenvalue weighted by Gasteiger charge is 1.88. The summed E-state index contributed by atoms with van der Waals surface area (Å²) in [5.74, 6) is 0. The van der Waals surface area contributed by atoms with Crippen molar-refractivity contribution in [3.63, 3.8) is 0 Å². The molecule has 0 saturated carbocycles. The van der Waals surface area contributed by atoms with E-state index >= 15 is 0 Å². The molecular weight excluding hydrogens is 122 g/mol. The maximum absolute atomic E-state index is 5.32. The van der Waals surface area contributed by atoms with E-state index in [4.69, 9.17) is 5.73 Å². The van der Waals surface area contributed by atoms with Crippen molar-refractivity contribution in [3.8, 4) is 0 Å². The largest absolute Gasteiger partial charge is 0.405 e. The van der Waals surface area contributed by atoms with E-state index in [1.165, 1.54) is 37.7 Å². The van der Waals surface area contributed by atoms with Gasteiger partial charge in [-0.25, -0.2) is 0 Å². The minimum atomic E-state index is 1.18. The van der Waals surface area contributed by atoms with Gasteiger partial charge >= 0.3 is 0 Å². The van der Waals surface area contributed by atoms with Gasteiger partial charge < -0.3 is 5.73 Å². The minimum absolute atomic E-state index is 1.18. The number of hydrogen-bond donors (Lipinski definition) is 1. The van der Waals surface area contributed by atoms with Gasteiger partial charge in [-0.2, -0.15) is 0 Å². The van der Waals surface area contributed by atoms with E-state index in [-0.39, 0.29) is 0 Å². The molecule has 0 aromatic heterocycles. The highest BCUT2D eigenvalue weighted by atomic mass is 14.5. The second-order valence-electron chi connectivity index (χ2n) is 2.82. The van der Waals surface area contributed by atoms with Gasteiger partial charge in [0.1, 0.15) is 0 Å². The maximum atomic E-state index is 5.32. The smallest absolute Gasteiger partial charge is 0.00733 e. The van der Waals surface area contributed by atoms with E-state index in [1.807, 2.05) is 0 Å². The average Bonchev–Trinajstić information content (AvgIpc) is 1.98. The molecule has 0 heterocycles. The van der Waals surface area contributed by atoms with Crippen LogP contribution in [0.3, 0.4) is 0 Å². The predicted octanol–water partition coefficient (Wildman–Crippen LogP) is 2.82. The standard InChI is InChI=1S/C9H19N/c1-3-4-5-6-7-9(2)8-10/h8H,3-7,10H2,1-2H3/b9-8+. The van der Waals surface area contributed by atoms with Crippen molar-refractivity contribution in [2.45, 2.75) is 46.0 Å². The molecule has 0 aromatic rings. The Morgan fingerprint density at radius 1 is 1.30 bits per heavy atom. The summed E-state index contributed by atoms with van der Waals surface area (Å²) in [4.78, 5) is 0. The summed E-state index contributed by atoms with van der Waals surface area (Å²) in [5, 5.41) is 0. The Bertz CT molecular complexity index is 94.9. The Hall–Kier alpha value is -0.460. The zero-order chi connectivity index (χ0) is 7.82. The summed E-state index contributed by atoms with van der Waals surface area (Å²) in [5.41, 5.74) is 6.64. The maximum Gasteiger partial charge on any atom is -0.00733 e. The van der Waals surface area contributed by atoms with Crippen LogP contribution in [0.15, 0.2) is 11.8 Å². The van der Waals surface area contributed by atoms with Gasteiger partial charge in [-0.3, -0.25) is 0 Å². The van der Waals surface area contributed by atoms with Gasteiger partial charge in [0.15, 0.2) is 0 Å². The van der Waals surface area contributed by atoms with Crippen LogP contribution in [0.2, 0.25) is 0 Å². The first-order valence-electron chi connectivity index (χ1n) is 4.18. The third-order valence-electron chi connectivity index (χ3n) is 1.71. The van der Waals surface area contributed by atoms with E-state index in [0.717, 1.165) is 0 Å². The summed E-state index contributed by atoms with van der Waals surface area (Å²) in [6.07, 6.45) is 8.21. The molecule has 0 saturated heterocycles. The molecule has 0 atom stereocenters. The van der Waals surface area contributed by atoms with Crippen molar-refractivity contribution >= 4 is 0 Å². The molecule has 0 aliphatic carbocycles. The van der Waals surface area contributed by atoms with Crippen LogP contribution in [-0.2, 0) is 0 Å². The zero-order valence-electron chi connectivity index (χ0n) is 7.19. The van der Waals surface area contributed by atoms with Crippen LogP contribution in [0.4, 0.5) is 0 Å². The van der Waals surface area contributed by atoms with Crippen LogP contribution < -0.4 is 5.73 Å². The first kappa shape index (κ1) is 9.54. The lowest BCUT2D eigenvalue weighted by molar-refractivity contribution is 0.664. The summed E-state index contributed by atoms with van der Waals surface area (Å²) >= 11 is 0. The first-order chi connectivity index (χ1) is 4.81. The lowest BCUT2D eigenvalue weighted by atomic mass is 10.1. The van der Waals surface area contributed by atoms with E-state index < -0.39 is 0 Å². The van der Waals surface area contributed by atoms with E-state index in [9.17, 15) is 0 Å². The number of allylic oxidation sites excluding steroid dienone is 1. The number of hydrogen-bond acceptors (Lipinski definition) is 1. The molecule has 2 N–H and O–H groups in total. The fourth-order valence-electron chi connectivity index (χ4n) is 0.914. The average molecular weight is 141 g/mol. The fraction of sp³-hybridized carbons (Fsp3) is 0.778. The van der Waals surface area contributed by atoms with Crippen molar-refractivity contribution < 1.29 is 0 Å². The molecule has 0 aliphatic heterocycles. The van der Waals surface area contributed by atoms with Crippen molar-refractivity contribution in [2.75, 3.05) is 0 Å². The Kier molecular flexibility index (Phi) is 6.35. The third-order valence-corrected chi connectivity index (χ3v) is 1.71. The molecule has 0 bridgehead atoms. The number of unbranched alkanes of at least 4 members (excludes halogenated alkanes) is 3. The molecule has 0 rings (SSSR count). The number of nitrogens with two attached hydrogens (primary N) is 1. The zero-order valence-corrected chi connectivity index (χ0v) is 7.19. The lowest BCUT2D eigenvalue weighted by Gasteiger charge is -1.98. The molecule has 0 unspecified atom stereocenters. The second-order valence-corrected chi connectivity index (χ2v) is 2.82.